The zero-order chi connectivity index (χ0) is 23.5. The van der Waals surface area contributed by atoms with Crippen molar-refractivity contribution in [3.05, 3.63) is 47.2 Å². The second-order valence-electron chi connectivity index (χ2n) is 6.93. The summed E-state index contributed by atoms with van der Waals surface area (Å²) >= 11 is 1.15. The summed E-state index contributed by atoms with van der Waals surface area (Å²) in [6.07, 6.45) is 0.369. The zero-order valence-electron chi connectivity index (χ0n) is 17.2. The first-order chi connectivity index (χ1) is 15.3. The molecule has 1 aromatic rings. The fraction of sp³-hybridized carbons (Fsp3) is 0.350. The average molecular weight is 487 g/mol. The van der Waals surface area contributed by atoms with Gasteiger partial charge in [0.15, 0.2) is 0 Å². The van der Waals surface area contributed by atoms with E-state index in [0.29, 0.717) is 12.0 Å². The van der Waals surface area contributed by atoms with Crippen LogP contribution in [0.3, 0.4) is 0 Å². The van der Waals surface area contributed by atoms with Crippen molar-refractivity contribution in [1.29, 1.82) is 0 Å². The quantitative estimate of drug-likeness (QED) is 0.132. The van der Waals surface area contributed by atoms with E-state index in [1.807, 2.05) is 0 Å². The van der Waals surface area contributed by atoms with Crippen molar-refractivity contribution < 1.29 is 38.6 Å². The molecule has 0 aliphatic carbocycles. The van der Waals surface area contributed by atoms with E-state index in [-0.39, 0.29) is 53.2 Å². The minimum absolute atomic E-state index is 0. The molecular weight excluding hydrogens is 465 g/mol. The van der Waals surface area contributed by atoms with E-state index in [0.717, 1.165) is 16.7 Å². The summed E-state index contributed by atoms with van der Waals surface area (Å²) in [5.41, 5.74) is -1.40. The molecule has 0 radical (unpaired) electrons. The van der Waals surface area contributed by atoms with E-state index >= 15 is 0 Å². The molecule has 3 N–H and O–H groups in total. The van der Waals surface area contributed by atoms with E-state index < -0.39 is 40.9 Å². The van der Waals surface area contributed by atoms with Gasteiger partial charge in [0.25, 0.3) is 11.6 Å². The van der Waals surface area contributed by atoms with Crippen molar-refractivity contribution in [2.75, 3.05) is 19.5 Å². The Labute approximate surface area is 215 Å². The fourth-order valence-electron chi connectivity index (χ4n) is 3.54. The molecule has 1 aromatic carbocycles. The third-order valence-electron chi connectivity index (χ3n) is 5.02. The molecule has 0 spiro atoms. The molecule has 2 aliphatic heterocycles. The van der Waals surface area contributed by atoms with Gasteiger partial charge in [-0.15, -0.1) is 11.8 Å². The first-order valence-electron chi connectivity index (χ1n) is 9.42. The third kappa shape index (κ3) is 5.09. The molecule has 0 saturated carbocycles. The molecule has 0 aromatic heterocycles. The Morgan fingerprint density at radius 1 is 1.33 bits per heavy atom. The van der Waals surface area contributed by atoms with Crippen molar-refractivity contribution in [1.82, 2.24) is 15.5 Å². The molecule has 33 heavy (non-hydrogen) atoms. The number of benzene rings is 1. The minimum atomic E-state index is -1.83. The molecule has 3 amide bonds. The number of carboxylic acid groups (broad SMARTS) is 1. The van der Waals surface area contributed by atoms with E-state index in [4.69, 9.17) is 9.47 Å². The summed E-state index contributed by atoms with van der Waals surface area (Å²) in [5.74, 6) is -3.31. The number of fused-ring (bicyclic) bond motifs is 1. The van der Waals surface area contributed by atoms with Crippen LogP contribution in [0, 0.1) is 0 Å². The van der Waals surface area contributed by atoms with Crippen LogP contribution in [0.1, 0.15) is 18.5 Å². The maximum atomic E-state index is 13.1. The second kappa shape index (κ2) is 11.2. The standard InChI is InChI=1S/C20H21N3O8S.Na.H/c1-11(25)31-8-13-9-32-19-20(30-2,18(29)23(19)15(13)17(27)28)22-16(26)14(21-10-24)12-6-4-3-5-7-12;;/h3-7,10,14,19H,8-9H2,1-2H3,(H,21,24)(H,22,26)(H,27,28);;. The van der Waals surface area contributed by atoms with Crippen molar-refractivity contribution in [3.63, 3.8) is 0 Å². The van der Waals surface area contributed by atoms with Crippen molar-refractivity contribution in [2.24, 2.45) is 0 Å². The molecule has 172 valence electrons. The molecule has 2 heterocycles. The van der Waals surface area contributed by atoms with Gasteiger partial charge in [0.1, 0.15) is 23.7 Å². The number of esters is 1. The molecule has 11 nitrogen and oxygen atoms in total. The summed E-state index contributed by atoms with van der Waals surface area (Å²) < 4.78 is 10.3. The normalized spacial score (nSPS) is 22.2. The molecule has 3 rings (SSSR count). The van der Waals surface area contributed by atoms with Gasteiger partial charge in [-0.1, -0.05) is 30.3 Å². The van der Waals surface area contributed by atoms with Gasteiger partial charge in [-0.3, -0.25) is 24.1 Å². The van der Waals surface area contributed by atoms with Crippen molar-refractivity contribution in [3.8, 4) is 0 Å². The van der Waals surface area contributed by atoms with Crippen molar-refractivity contribution in [2.45, 2.75) is 24.1 Å². The van der Waals surface area contributed by atoms with Crippen molar-refractivity contribution >= 4 is 71.5 Å². The van der Waals surface area contributed by atoms with Crippen LogP contribution in [-0.4, -0.2) is 100 Å². The molecule has 13 heteroatoms. The second-order valence-corrected chi connectivity index (χ2v) is 8.00. The van der Waals surface area contributed by atoms with Gasteiger partial charge in [0.05, 0.1) is 0 Å². The number of aliphatic carboxylic acids is 1. The van der Waals surface area contributed by atoms with E-state index in [2.05, 4.69) is 10.6 Å². The number of methoxy groups -OCH3 is 1. The van der Waals surface area contributed by atoms with Gasteiger partial charge < -0.3 is 25.2 Å². The third-order valence-corrected chi connectivity index (χ3v) is 6.40. The zero-order valence-corrected chi connectivity index (χ0v) is 18.0. The van der Waals surface area contributed by atoms with Crippen LogP contribution in [-0.2, 0) is 33.4 Å². The van der Waals surface area contributed by atoms with Crippen LogP contribution < -0.4 is 10.6 Å². The number of nitrogens with zero attached hydrogens (tertiary/aromatic N) is 1. The number of carboxylic acids is 1. The summed E-state index contributed by atoms with van der Waals surface area (Å²) in [5, 5.41) is 13.7. The maximum absolute atomic E-state index is 13.1. The number of nitrogens with one attached hydrogen (secondary N) is 2. The van der Waals surface area contributed by atoms with Gasteiger partial charge >= 0.3 is 41.5 Å². The Bertz CT molecular complexity index is 989. The van der Waals surface area contributed by atoms with E-state index in [1.165, 1.54) is 14.0 Å². The summed E-state index contributed by atoms with van der Waals surface area (Å²) in [4.78, 5) is 61.1. The molecule has 1 saturated heterocycles. The summed E-state index contributed by atoms with van der Waals surface area (Å²) in [6, 6.07) is 7.31. The van der Waals surface area contributed by atoms with Crippen LogP contribution in [0.25, 0.3) is 0 Å². The molecular formula is C20H22N3NaO8S. The topological polar surface area (TPSA) is 151 Å². The van der Waals surface area contributed by atoms with Gasteiger partial charge in [-0.2, -0.15) is 0 Å². The number of hydrogen-bond donors (Lipinski definition) is 3. The van der Waals surface area contributed by atoms with Crippen LogP contribution in [0.15, 0.2) is 41.6 Å². The van der Waals surface area contributed by atoms with Gasteiger partial charge in [0.2, 0.25) is 12.3 Å². The predicted molar refractivity (Wildman–Crippen MR) is 118 cm³/mol. The Balaban J connectivity index is 0.00000385. The van der Waals surface area contributed by atoms with Gasteiger partial charge in [-0.25, -0.2) is 4.79 Å². The number of ether oxygens (including phenoxy) is 2. The molecule has 1 fully saturated rings. The van der Waals surface area contributed by atoms with Crippen LogP contribution in [0.5, 0.6) is 0 Å². The average Bonchev–Trinajstić information content (AvgIpc) is 2.78. The predicted octanol–water partition coefficient (Wildman–Crippen LogP) is -0.899. The number of rotatable bonds is 9. The first kappa shape index (κ1) is 26.9. The number of carbonyl (C=O) groups is 5. The Morgan fingerprint density at radius 2 is 2.00 bits per heavy atom. The Hall–Kier alpha value is -2.38. The van der Waals surface area contributed by atoms with E-state index in [1.54, 1.807) is 30.3 Å². The molecule has 3 atom stereocenters. The molecule has 0 bridgehead atoms. The van der Waals surface area contributed by atoms with Crippen LogP contribution >= 0.6 is 11.8 Å². The van der Waals surface area contributed by atoms with E-state index in [9.17, 15) is 29.1 Å². The van der Waals surface area contributed by atoms with Crippen LogP contribution in [0.4, 0.5) is 0 Å². The number of β-lactam (4-membered cyclic amide) rings is 1. The monoisotopic (exact) mass is 487 g/mol. The number of thioether (sulfide) groups is 1. The van der Waals surface area contributed by atoms with Gasteiger partial charge in [0, 0.05) is 25.4 Å². The SMILES string of the molecule is COC1(NC(=O)C(NC=O)c2ccccc2)C(=O)N2C(C(=O)O)=C(COC(C)=O)CSC21.[NaH]. The summed E-state index contributed by atoms with van der Waals surface area (Å²) in [7, 11) is 1.22. The first-order valence-corrected chi connectivity index (χ1v) is 10.5. The number of carbonyl (C=O) groups excluding carboxylic acids is 4. The Kier molecular flexibility index (Phi) is 9.09. The number of amides is 3. The molecule has 2 aliphatic rings. The number of hydrogen-bond acceptors (Lipinski definition) is 8. The summed E-state index contributed by atoms with van der Waals surface area (Å²) in [6.45, 7) is 0.919. The Morgan fingerprint density at radius 3 is 2.55 bits per heavy atom. The molecule has 3 unspecified atom stereocenters. The van der Waals surface area contributed by atoms with Gasteiger partial charge in [-0.05, 0) is 5.56 Å². The fourth-order valence-corrected chi connectivity index (χ4v) is 4.96. The van der Waals surface area contributed by atoms with Crippen LogP contribution in [0.2, 0.25) is 0 Å².